The maximum absolute atomic E-state index is 13.4. The first kappa shape index (κ1) is 19.6. The van der Waals surface area contributed by atoms with Gasteiger partial charge in [0.1, 0.15) is 5.82 Å². The number of amidine groups is 1. The lowest BCUT2D eigenvalue weighted by Gasteiger charge is -2.07. The van der Waals surface area contributed by atoms with Crippen LogP contribution in [0, 0.1) is 12.7 Å². The monoisotopic (exact) mass is 451 g/mol. The van der Waals surface area contributed by atoms with Crippen LogP contribution in [-0.4, -0.2) is 37.7 Å². The van der Waals surface area contributed by atoms with Crippen LogP contribution < -0.4 is 16.4 Å². The lowest BCUT2D eigenvalue weighted by Crippen LogP contribution is -2.27. The number of aryl methyl sites for hydroxylation is 1. The van der Waals surface area contributed by atoms with Crippen molar-refractivity contribution in [2.75, 3.05) is 11.9 Å². The molecule has 0 spiro atoms. The van der Waals surface area contributed by atoms with Gasteiger partial charge in [-0.1, -0.05) is 0 Å². The molecule has 0 unspecified atom stereocenters. The number of halogens is 2. The van der Waals surface area contributed by atoms with Crippen molar-refractivity contribution in [3.8, 4) is 0 Å². The second-order valence-corrected chi connectivity index (χ2v) is 6.45. The fourth-order valence-corrected chi connectivity index (χ4v) is 2.63. The largest absolute Gasteiger partial charge is 0.363 e. The van der Waals surface area contributed by atoms with E-state index in [1.54, 1.807) is 13.0 Å². The van der Waals surface area contributed by atoms with Gasteiger partial charge < -0.3 is 5.32 Å². The minimum Gasteiger partial charge on any atom is -0.363 e. The average molecular weight is 452 g/mol. The van der Waals surface area contributed by atoms with Crippen molar-refractivity contribution < 1.29 is 14.2 Å². The van der Waals surface area contributed by atoms with E-state index in [0.29, 0.717) is 17.9 Å². The number of hydrogen-bond acceptors (Lipinski definition) is 8. The summed E-state index contributed by atoms with van der Waals surface area (Å²) in [6, 6.07) is 7.16. The number of hydrogen-bond donors (Lipinski definition) is 3. The highest BCUT2D eigenvalue weighted by Gasteiger charge is 2.16. The van der Waals surface area contributed by atoms with Crippen molar-refractivity contribution >= 4 is 33.3 Å². The van der Waals surface area contributed by atoms with E-state index in [1.807, 2.05) is 5.48 Å². The lowest BCUT2D eigenvalue weighted by atomic mass is 10.3. The standard InChI is InChI=1S/C16H15BrFN7O3/c1-9-2-5-13(26)25(21-9)7-6-19-15-14(23-28-24-15)16(22-27)20-10-3-4-12(18)11(17)8-10/h2-5,8,27H,6-7H2,1H3,(H,19,24)(H,20,22). The molecule has 1 aromatic carbocycles. The third-order valence-electron chi connectivity index (χ3n) is 3.58. The first-order valence-corrected chi connectivity index (χ1v) is 8.82. The molecule has 0 atom stereocenters. The van der Waals surface area contributed by atoms with E-state index in [9.17, 15) is 14.4 Å². The van der Waals surface area contributed by atoms with Gasteiger partial charge in [-0.2, -0.15) is 5.10 Å². The Balaban J connectivity index is 1.76. The van der Waals surface area contributed by atoms with Gasteiger partial charge in [0.2, 0.25) is 5.82 Å². The highest BCUT2D eigenvalue weighted by atomic mass is 79.9. The Morgan fingerprint density at radius 1 is 1.36 bits per heavy atom. The van der Waals surface area contributed by atoms with Gasteiger partial charge in [-0.3, -0.25) is 15.5 Å². The normalized spacial score (nSPS) is 11.5. The minimum atomic E-state index is -0.442. The van der Waals surface area contributed by atoms with Crippen LogP contribution in [0.5, 0.6) is 0 Å². The third kappa shape index (κ3) is 4.58. The second kappa shape index (κ2) is 8.71. The molecule has 0 aliphatic carbocycles. The number of nitrogens with one attached hydrogen (secondary N) is 2. The van der Waals surface area contributed by atoms with Crippen molar-refractivity contribution in [3.63, 3.8) is 0 Å². The zero-order valence-corrected chi connectivity index (χ0v) is 16.1. The van der Waals surface area contributed by atoms with Gasteiger partial charge in [0.25, 0.3) is 5.56 Å². The van der Waals surface area contributed by atoms with E-state index in [-0.39, 0.29) is 33.9 Å². The van der Waals surface area contributed by atoms with Crippen LogP contribution in [0.4, 0.5) is 15.9 Å². The molecule has 0 fully saturated rings. The van der Waals surface area contributed by atoms with Crippen LogP contribution >= 0.6 is 15.9 Å². The van der Waals surface area contributed by atoms with Gasteiger partial charge in [-0.25, -0.2) is 18.7 Å². The van der Waals surface area contributed by atoms with E-state index in [0.717, 1.165) is 0 Å². The summed E-state index contributed by atoms with van der Waals surface area (Å²) in [7, 11) is 0. The number of benzene rings is 1. The summed E-state index contributed by atoms with van der Waals surface area (Å²) in [6.45, 7) is 2.35. The predicted octanol–water partition coefficient (Wildman–Crippen LogP) is 2.01. The van der Waals surface area contributed by atoms with Gasteiger partial charge in [-0.15, -0.1) is 0 Å². The Morgan fingerprint density at radius 2 is 2.18 bits per heavy atom. The lowest BCUT2D eigenvalue weighted by molar-refractivity contribution is 0.234. The summed E-state index contributed by atoms with van der Waals surface area (Å²) in [5.41, 5.74) is 2.87. The fourth-order valence-electron chi connectivity index (χ4n) is 2.27. The summed E-state index contributed by atoms with van der Waals surface area (Å²) < 4.78 is 19.6. The molecule has 3 N–H and O–H groups in total. The van der Waals surface area contributed by atoms with E-state index in [2.05, 4.69) is 41.7 Å². The summed E-state index contributed by atoms with van der Waals surface area (Å²) >= 11 is 3.07. The maximum atomic E-state index is 13.4. The summed E-state index contributed by atoms with van der Waals surface area (Å²) in [4.78, 5) is 15.9. The van der Waals surface area contributed by atoms with Crippen molar-refractivity contribution in [2.45, 2.75) is 13.5 Å². The Morgan fingerprint density at radius 3 is 2.93 bits per heavy atom. The molecule has 2 aromatic heterocycles. The van der Waals surface area contributed by atoms with Crippen molar-refractivity contribution in [1.82, 2.24) is 25.6 Å². The molecule has 12 heteroatoms. The summed E-state index contributed by atoms with van der Waals surface area (Å²) in [5.74, 6) is -0.307. The third-order valence-corrected chi connectivity index (χ3v) is 4.19. The average Bonchev–Trinajstić information content (AvgIpc) is 3.13. The van der Waals surface area contributed by atoms with Crippen molar-refractivity contribution in [1.29, 1.82) is 0 Å². The molecule has 28 heavy (non-hydrogen) atoms. The Bertz CT molecular complexity index is 1070. The van der Waals surface area contributed by atoms with Crippen LogP contribution in [0.25, 0.3) is 0 Å². The van der Waals surface area contributed by atoms with Crippen LogP contribution in [0.2, 0.25) is 0 Å². The zero-order valence-electron chi connectivity index (χ0n) is 14.6. The van der Waals surface area contributed by atoms with Gasteiger partial charge in [0.15, 0.2) is 11.5 Å². The van der Waals surface area contributed by atoms with Crippen molar-refractivity contribution in [3.05, 3.63) is 62.4 Å². The molecule has 0 bridgehead atoms. The molecule has 10 nitrogen and oxygen atoms in total. The second-order valence-electron chi connectivity index (χ2n) is 5.59. The van der Waals surface area contributed by atoms with Gasteiger partial charge in [0, 0.05) is 12.6 Å². The summed E-state index contributed by atoms with van der Waals surface area (Å²) in [5, 5.41) is 23.9. The van der Waals surface area contributed by atoms with E-state index >= 15 is 0 Å². The fraction of sp³-hybridized carbons (Fsp3) is 0.188. The minimum absolute atomic E-state index is 0.0619. The quantitative estimate of drug-likeness (QED) is 0.294. The van der Waals surface area contributed by atoms with Gasteiger partial charge in [-0.05, 0) is 57.4 Å². The Labute approximate surface area is 166 Å². The molecule has 2 heterocycles. The number of nitrogens with zero attached hydrogens (tertiary/aromatic N) is 5. The molecule has 0 saturated carbocycles. The molecular weight excluding hydrogens is 437 g/mol. The number of aromatic nitrogens is 4. The SMILES string of the molecule is Cc1ccc(=O)n(CCNc2nonc2C(=Nc2ccc(F)c(Br)c2)NO)n1. The number of rotatable bonds is 6. The summed E-state index contributed by atoms with van der Waals surface area (Å²) in [6.07, 6.45) is 0. The number of aliphatic imine (C=N–C) groups is 1. The van der Waals surface area contributed by atoms with Crippen LogP contribution in [0.15, 0.2) is 49.2 Å². The molecule has 0 saturated heterocycles. The van der Waals surface area contributed by atoms with Crippen LogP contribution in [0.3, 0.4) is 0 Å². The first-order chi connectivity index (χ1) is 13.5. The molecule has 0 aliphatic heterocycles. The number of hydroxylamine groups is 1. The van der Waals surface area contributed by atoms with E-state index < -0.39 is 5.82 Å². The molecular formula is C16H15BrFN7O3. The highest BCUT2D eigenvalue weighted by Crippen LogP contribution is 2.23. The zero-order chi connectivity index (χ0) is 20.1. The number of anilines is 1. The Kier molecular flexibility index (Phi) is 6.11. The molecule has 0 radical (unpaired) electrons. The highest BCUT2D eigenvalue weighted by molar-refractivity contribution is 9.10. The maximum Gasteiger partial charge on any atom is 0.266 e. The van der Waals surface area contributed by atoms with Gasteiger partial charge in [0.05, 0.1) is 22.4 Å². The molecule has 0 amide bonds. The van der Waals surface area contributed by atoms with Crippen LogP contribution in [0.1, 0.15) is 11.4 Å². The van der Waals surface area contributed by atoms with Gasteiger partial charge >= 0.3 is 0 Å². The topological polar surface area (TPSA) is 130 Å². The molecule has 3 rings (SSSR count). The van der Waals surface area contributed by atoms with Crippen LogP contribution in [-0.2, 0) is 6.54 Å². The first-order valence-electron chi connectivity index (χ1n) is 8.03. The molecule has 146 valence electrons. The Hall–Kier alpha value is -3.12. The predicted molar refractivity (Wildman–Crippen MR) is 101 cm³/mol. The van der Waals surface area contributed by atoms with E-state index in [4.69, 9.17) is 4.63 Å². The molecule has 0 aliphatic rings. The van der Waals surface area contributed by atoms with Crippen molar-refractivity contribution in [2.24, 2.45) is 4.99 Å². The van der Waals surface area contributed by atoms with E-state index in [1.165, 1.54) is 28.9 Å². The smallest absolute Gasteiger partial charge is 0.266 e. The molecule has 3 aromatic rings.